The molecule has 154 valence electrons. The fraction of sp³-hybridized carbons (Fsp3) is 0.636. The van der Waals surface area contributed by atoms with Crippen LogP contribution in [0.5, 0.6) is 5.75 Å². The minimum absolute atomic E-state index is 0.0735. The number of amides is 1. The number of benzene rings is 1. The van der Waals surface area contributed by atoms with Crippen molar-refractivity contribution in [1.82, 2.24) is 15.5 Å². The van der Waals surface area contributed by atoms with Crippen LogP contribution in [0.25, 0.3) is 0 Å². The van der Waals surface area contributed by atoms with E-state index in [9.17, 15) is 4.79 Å². The number of para-hydroxylation sites is 1. The second kappa shape index (κ2) is 9.30. The van der Waals surface area contributed by atoms with Gasteiger partial charge in [0.2, 0.25) is 5.91 Å². The van der Waals surface area contributed by atoms with E-state index in [1.54, 1.807) is 7.11 Å². The number of nitrogens with one attached hydrogen (secondary N) is 2. The minimum Gasteiger partial charge on any atom is -0.496 e. The highest BCUT2D eigenvalue weighted by Crippen LogP contribution is 2.44. The lowest BCUT2D eigenvalue weighted by Gasteiger charge is -2.32. The number of methoxy groups -OCH3 is 1. The third kappa shape index (κ3) is 4.42. The maximum atomic E-state index is 11.9. The number of ether oxygens (including phenoxy) is 1. The molecule has 1 aromatic rings. The molecule has 3 rings (SSSR count). The molecule has 1 saturated heterocycles. The zero-order valence-corrected chi connectivity index (χ0v) is 17.5. The van der Waals surface area contributed by atoms with Crippen molar-refractivity contribution in [3.63, 3.8) is 0 Å². The van der Waals surface area contributed by atoms with Crippen LogP contribution in [0.3, 0.4) is 0 Å². The third-order valence-corrected chi connectivity index (χ3v) is 6.24. The summed E-state index contributed by atoms with van der Waals surface area (Å²) in [5.74, 6) is 2.02. The lowest BCUT2D eigenvalue weighted by atomic mass is 9.78. The van der Waals surface area contributed by atoms with Crippen molar-refractivity contribution in [3.8, 4) is 5.75 Å². The van der Waals surface area contributed by atoms with Gasteiger partial charge in [-0.25, -0.2) is 0 Å². The molecule has 0 radical (unpaired) electrons. The summed E-state index contributed by atoms with van der Waals surface area (Å²) in [7, 11) is 3.56. The van der Waals surface area contributed by atoms with Crippen LogP contribution in [-0.2, 0) is 10.2 Å². The van der Waals surface area contributed by atoms with Crippen LogP contribution in [0.2, 0.25) is 0 Å². The fourth-order valence-corrected chi connectivity index (χ4v) is 4.65. The molecule has 1 atom stereocenters. The largest absolute Gasteiger partial charge is 0.496 e. The van der Waals surface area contributed by atoms with Gasteiger partial charge in [-0.05, 0) is 25.3 Å². The Kier molecular flexibility index (Phi) is 6.81. The molecule has 2 fully saturated rings. The van der Waals surface area contributed by atoms with Gasteiger partial charge in [0.15, 0.2) is 5.96 Å². The van der Waals surface area contributed by atoms with Crippen LogP contribution in [0.1, 0.15) is 51.0 Å². The lowest BCUT2D eigenvalue weighted by molar-refractivity contribution is -0.129. The molecule has 1 heterocycles. The van der Waals surface area contributed by atoms with Gasteiger partial charge in [0.05, 0.1) is 7.11 Å². The first-order valence-electron chi connectivity index (χ1n) is 10.5. The number of carbonyl (C=O) groups is 1. The van der Waals surface area contributed by atoms with Crippen molar-refractivity contribution in [1.29, 1.82) is 0 Å². The number of guanidine groups is 1. The van der Waals surface area contributed by atoms with Gasteiger partial charge in [-0.15, -0.1) is 0 Å². The van der Waals surface area contributed by atoms with Gasteiger partial charge < -0.3 is 20.3 Å². The van der Waals surface area contributed by atoms with Crippen molar-refractivity contribution >= 4 is 11.9 Å². The molecular formula is C22H34N4O2. The summed E-state index contributed by atoms with van der Waals surface area (Å²) in [4.78, 5) is 18.3. The molecule has 0 bridgehead atoms. The Hall–Kier alpha value is -2.24. The molecule has 2 N–H and O–H groups in total. The van der Waals surface area contributed by atoms with E-state index < -0.39 is 0 Å². The van der Waals surface area contributed by atoms with Gasteiger partial charge in [0.1, 0.15) is 5.75 Å². The van der Waals surface area contributed by atoms with E-state index in [0.717, 1.165) is 50.6 Å². The highest BCUT2D eigenvalue weighted by atomic mass is 16.5. The quantitative estimate of drug-likeness (QED) is 0.583. The van der Waals surface area contributed by atoms with E-state index in [1.165, 1.54) is 18.4 Å². The maximum absolute atomic E-state index is 11.9. The molecule has 1 amide bonds. The van der Waals surface area contributed by atoms with E-state index in [2.05, 4.69) is 33.8 Å². The Morgan fingerprint density at radius 2 is 2.07 bits per heavy atom. The van der Waals surface area contributed by atoms with Gasteiger partial charge in [-0.2, -0.15) is 0 Å². The molecule has 1 aromatic carbocycles. The Labute approximate surface area is 168 Å². The summed E-state index contributed by atoms with van der Waals surface area (Å²) in [6.45, 7) is 4.33. The summed E-state index contributed by atoms with van der Waals surface area (Å²) < 4.78 is 5.66. The number of nitrogens with zero attached hydrogens (tertiary/aromatic N) is 2. The van der Waals surface area contributed by atoms with Crippen LogP contribution in [-0.4, -0.2) is 56.6 Å². The van der Waals surface area contributed by atoms with Crippen molar-refractivity contribution < 1.29 is 9.53 Å². The van der Waals surface area contributed by atoms with E-state index in [-0.39, 0.29) is 17.4 Å². The lowest BCUT2D eigenvalue weighted by Crippen LogP contribution is -2.48. The molecular weight excluding hydrogens is 352 g/mol. The van der Waals surface area contributed by atoms with Crippen molar-refractivity contribution in [3.05, 3.63) is 29.8 Å². The SMILES string of the molecule is CCC(=O)N1CCC(NC(=NC)NCC2(c3ccccc3OC)CCCC2)C1. The van der Waals surface area contributed by atoms with Crippen LogP contribution in [0.4, 0.5) is 0 Å². The van der Waals surface area contributed by atoms with Gasteiger partial charge in [0.25, 0.3) is 0 Å². The zero-order chi connectivity index (χ0) is 20.0. The molecule has 6 heteroatoms. The smallest absolute Gasteiger partial charge is 0.222 e. The first kappa shape index (κ1) is 20.5. The second-order valence-electron chi connectivity index (χ2n) is 7.94. The molecule has 6 nitrogen and oxygen atoms in total. The normalized spacial score (nSPS) is 21.6. The Morgan fingerprint density at radius 1 is 1.32 bits per heavy atom. The van der Waals surface area contributed by atoms with Gasteiger partial charge >= 0.3 is 0 Å². The molecule has 0 spiro atoms. The number of hydrogen-bond donors (Lipinski definition) is 2. The molecule has 1 aliphatic carbocycles. The van der Waals surface area contributed by atoms with E-state index in [0.29, 0.717) is 6.42 Å². The van der Waals surface area contributed by atoms with Gasteiger partial charge in [0, 0.05) is 50.1 Å². The van der Waals surface area contributed by atoms with Crippen LogP contribution < -0.4 is 15.4 Å². The first-order valence-corrected chi connectivity index (χ1v) is 10.5. The predicted octanol–water partition coefficient (Wildman–Crippen LogP) is 2.68. The summed E-state index contributed by atoms with van der Waals surface area (Å²) in [5.41, 5.74) is 1.36. The topological polar surface area (TPSA) is 66.0 Å². The van der Waals surface area contributed by atoms with E-state index in [1.807, 2.05) is 24.9 Å². The molecule has 28 heavy (non-hydrogen) atoms. The fourth-order valence-electron chi connectivity index (χ4n) is 4.65. The summed E-state index contributed by atoms with van der Waals surface area (Å²) >= 11 is 0. The van der Waals surface area contributed by atoms with Gasteiger partial charge in [-0.1, -0.05) is 38.0 Å². The van der Waals surface area contributed by atoms with Crippen LogP contribution in [0, 0.1) is 0 Å². The van der Waals surface area contributed by atoms with Crippen molar-refractivity contribution in [2.45, 2.75) is 56.9 Å². The molecule has 0 aromatic heterocycles. The summed E-state index contributed by atoms with van der Waals surface area (Å²) in [6.07, 6.45) is 6.31. The first-order chi connectivity index (χ1) is 13.6. The standard InChI is InChI=1S/C22H34N4O2/c1-4-20(27)26-14-11-17(15-26)25-21(23-2)24-16-22(12-7-8-13-22)18-9-5-6-10-19(18)28-3/h5-6,9-10,17H,4,7-8,11-16H2,1-3H3,(H2,23,24,25). The number of carbonyl (C=O) groups excluding carboxylic acids is 1. The second-order valence-corrected chi connectivity index (χ2v) is 7.94. The third-order valence-electron chi connectivity index (χ3n) is 6.24. The van der Waals surface area contributed by atoms with Crippen molar-refractivity contribution in [2.75, 3.05) is 33.8 Å². The highest BCUT2D eigenvalue weighted by molar-refractivity contribution is 5.80. The number of likely N-dealkylation sites (tertiary alicyclic amines) is 1. The average Bonchev–Trinajstić information content (AvgIpc) is 3.41. The minimum atomic E-state index is 0.0735. The molecule has 1 aliphatic heterocycles. The van der Waals surface area contributed by atoms with E-state index >= 15 is 0 Å². The average molecular weight is 387 g/mol. The number of hydrogen-bond acceptors (Lipinski definition) is 3. The van der Waals surface area contributed by atoms with Crippen LogP contribution in [0.15, 0.2) is 29.3 Å². The number of aliphatic imine (C=N–C) groups is 1. The molecule has 1 unspecified atom stereocenters. The monoisotopic (exact) mass is 386 g/mol. The summed E-state index contributed by atoms with van der Waals surface area (Å²) in [6, 6.07) is 8.64. The Balaban J connectivity index is 1.64. The zero-order valence-electron chi connectivity index (χ0n) is 17.5. The van der Waals surface area contributed by atoms with Crippen LogP contribution >= 0.6 is 0 Å². The highest BCUT2D eigenvalue weighted by Gasteiger charge is 2.38. The maximum Gasteiger partial charge on any atom is 0.222 e. The molecule has 2 aliphatic rings. The van der Waals surface area contributed by atoms with Gasteiger partial charge in [-0.3, -0.25) is 9.79 Å². The number of rotatable bonds is 6. The Bertz CT molecular complexity index is 698. The summed E-state index contributed by atoms with van der Waals surface area (Å²) in [5, 5.41) is 7.08. The Morgan fingerprint density at radius 3 is 2.75 bits per heavy atom. The predicted molar refractivity (Wildman–Crippen MR) is 113 cm³/mol. The van der Waals surface area contributed by atoms with E-state index in [4.69, 9.17) is 4.74 Å². The van der Waals surface area contributed by atoms with Crippen molar-refractivity contribution in [2.24, 2.45) is 4.99 Å². The molecule has 1 saturated carbocycles.